The maximum Gasteiger partial charge on any atom is 0.255 e. The minimum Gasteiger partial charge on any atom is -0.336 e. The van der Waals surface area contributed by atoms with Gasteiger partial charge in [0.2, 0.25) is 5.91 Å². The summed E-state index contributed by atoms with van der Waals surface area (Å²) >= 11 is 5.99. The number of carbonyl (C=O) groups is 2. The number of carbonyl (C=O) groups excluding carboxylic acids is 2. The average Bonchev–Trinajstić information content (AvgIpc) is 2.68. The van der Waals surface area contributed by atoms with Crippen LogP contribution in [0.3, 0.4) is 0 Å². The number of hydrogen-bond donors (Lipinski definition) is 1. The molecule has 0 aromatic heterocycles. The Morgan fingerprint density at radius 3 is 2.31 bits per heavy atom. The Labute approximate surface area is 175 Å². The molecule has 0 unspecified atom stereocenters. The topological polar surface area (TPSA) is 52.7 Å². The molecule has 0 bridgehead atoms. The van der Waals surface area contributed by atoms with E-state index in [9.17, 15) is 14.0 Å². The van der Waals surface area contributed by atoms with Crippen molar-refractivity contribution in [2.45, 2.75) is 19.8 Å². The van der Waals surface area contributed by atoms with Crippen molar-refractivity contribution in [2.24, 2.45) is 0 Å². The van der Waals surface area contributed by atoms with E-state index in [0.29, 0.717) is 37.7 Å². The molecule has 0 saturated carbocycles. The fourth-order valence-corrected chi connectivity index (χ4v) is 3.55. The van der Waals surface area contributed by atoms with Crippen LogP contribution in [0.25, 0.3) is 0 Å². The van der Waals surface area contributed by atoms with Crippen molar-refractivity contribution in [3.8, 4) is 0 Å². The third kappa shape index (κ3) is 5.55. The lowest BCUT2D eigenvalue weighted by Crippen LogP contribution is -2.50. The van der Waals surface area contributed by atoms with Crippen LogP contribution in [0.15, 0.2) is 42.5 Å². The summed E-state index contributed by atoms with van der Waals surface area (Å²) in [4.78, 5) is 28.6. The Morgan fingerprint density at radius 1 is 1.07 bits per heavy atom. The average molecular weight is 418 g/mol. The van der Waals surface area contributed by atoms with Gasteiger partial charge in [0.05, 0.1) is 17.1 Å². The van der Waals surface area contributed by atoms with Gasteiger partial charge in [-0.3, -0.25) is 14.5 Å². The molecular formula is C22H25ClFN3O2. The lowest BCUT2D eigenvalue weighted by Gasteiger charge is -2.34. The monoisotopic (exact) mass is 417 g/mol. The molecule has 1 saturated heterocycles. The van der Waals surface area contributed by atoms with Crippen molar-refractivity contribution >= 4 is 29.1 Å². The molecule has 1 N–H and O–H groups in total. The fourth-order valence-electron chi connectivity index (χ4n) is 3.30. The van der Waals surface area contributed by atoms with Gasteiger partial charge in [-0.1, -0.05) is 37.6 Å². The largest absolute Gasteiger partial charge is 0.336 e. The summed E-state index contributed by atoms with van der Waals surface area (Å²) in [6, 6.07) is 11.6. The molecule has 1 aliphatic rings. The van der Waals surface area contributed by atoms with E-state index >= 15 is 0 Å². The molecule has 0 aliphatic carbocycles. The number of rotatable bonds is 5. The lowest BCUT2D eigenvalue weighted by atomic mass is 10.0. The maximum atomic E-state index is 13.2. The molecule has 0 atom stereocenters. The van der Waals surface area contributed by atoms with E-state index in [4.69, 9.17) is 11.6 Å². The highest BCUT2D eigenvalue weighted by atomic mass is 35.5. The van der Waals surface area contributed by atoms with Crippen molar-refractivity contribution in [2.75, 3.05) is 38.0 Å². The summed E-state index contributed by atoms with van der Waals surface area (Å²) in [5.74, 6) is -0.322. The predicted molar refractivity (Wildman–Crippen MR) is 113 cm³/mol. The van der Waals surface area contributed by atoms with E-state index in [1.54, 1.807) is 4.90 Å². The highest BCUT2D eigenvalue weighted by molar-refractivity contribution is 6.33. The van der Waals surface area contributed by atoms with Crippen LogP contribution < -0.4 is 5.32 Å². The van der Waals surface area contributed by atoms with Crippen molar-refractivity contribution in [3.05, 3.63) is 64.4 Å². The summed E-state index contributed by atoms with van der Waals surface area (Å²) in [7, 11) is 0. The van der Waals surface area contributed by atoms with Crippen LogP contribution in [0, 0.1) is 5.82 Å². The first-order valence-electron chi connectivity index (χ1n) is 9.70. The van der Waals surface area contributed by atoms with E-state index in [-0.39, 0.29) is 23.4 Å². The van der Waals surface area contributed by atoms with E-state index in [1.165, 1.54) is 17.7 Å². The maximum absolute atomic E-state index is 13.2. The Morgan fingerprint density at radius 2 is 1.72 bits per heavy atom. The second kappa shape index (κ2) is 9.37. The van der Waals surface area contributed by atoms with Gasteiger partial charge in [0.1, 0.15) is 5.82 Å². The fraction of sp³-hybridized carbons (Fsp3) is 0.364. The summed E-state index contributed by atoms with van der Waals surface area (Å²) < 4.78 is 13.2. The third-order valence-corrected chi connectivity index (χ3v) is 5.36. The number of nitrogens with zero attached hydrogens (tertiary/aromatic N) is 2. The summed E-state index contributed by atoms with van der Waals surface area (Å²) in [5.41, 5.74) is 2.30. The first-order chi connectivity index (χ1) is 13.8. The quantitative estimate of drug-likeness (QED) is 0.800. The molecule has 7 heteroatoms. The van der Waals surface area contributed by atoms with Crippen LogP contribution in [0.1, 0.15) is 35.7 Å². The summed E-state index contributed by atoms with van der Waals surface area (Å²) in [5, 5.41) is 3.03. The van der Waals surface area contributed by atoms with Crippen LogP contribution in [0.4, 0.5) is 10.1 Å². The lowest BCUT2D eigenvalue weighted by molar-refractivity contribution is -0.117. The molecular weight excluding hydrogens is 393 g/mol. The van der Waals surface area contributed by atoms with Gasteiger partial charge in [-0.25, -0.2) is 4.39 Å². The Hall–Kier alpha value is -2.44. The Kier molecular flexibility index (Phi) is 6.87. The second-order valence-electron chi connectivity index (χ2n) is 7.52. The molecule has 0 spiro atoms. The molecule has 1 fully saturated rings. The van der Waals surface area contributed by atoms with E-state index in [0.717, 1.165) is 11.8 Å². The van der Waals surface area contributed by atoms with Gasteiger partial charge in [-0.2, -0.15) is 0 Å². The van der Waals surface area contributed by atoms with Gasteiger partial charge in [0.25, 0.3) is 5.91 Å². The number of amides is 2. The molecule has 2 amide bonds. The summed E-state index contributed by atoms with van der Waals surface area (Å²) in [6.45, 7) is 6.68. The number of hydrogen-bond acceptors (Lipinski definition) is 3. The van der Waals surface area contributed by atoms with E-state index < -0.39 is 5.82 Å². The highest BCUT2D eigenvalue weighted by Gasteiger charge is 2.24. The number of halogens is 2. The van der Waals surface area contributed by atoms with Crippen molar-refractivity contribution in [1.29, 1.82) is 0 Å². The van der Waals surface area contributed by atoms with Gasteiger partial charge in [0, 0.05) is 31.9 Å². The number of nitrogens with one attached hydrogen (secondary N) is 1. The molecule has 2 aromatic carbocycles. The van der Waals surface area contributed by atoms with E-state index in [1.807, 2.05) is 29.2 Å². The van der Waals surface area contributed by atoms with Crippen molar-refractivity contribution in [1.82, 2.24) is 9.80 Å². The number of benzene rings is 2. The molecule has 5 nitrogen and oxygen atoms in total. The summed E-state index contributed by atoms with van der Waals surface area (Å²) in [6.07, 6.45) is 0. The van der Waals surface area contributed by atoms with Crippen LogP contribution in [0.5, 0.6) is 0 Å². The molecule has 1 heterocycles. The van der Waals surface area contributed by atoms with Crippen LogP contribution in [-0.4, -0.2) is 54.3 Å². The Bertz CT molecular complexity index is 878. The SMILES string of the molecule is CC(C)c1ccc(NC(=O)CN2CCN(C(=O)c3ccc(F)cc3Cl)CC2)cc1. The standard InChI is InChI=1S/C22H25ClFN3O2/c1-15(2)16-3-6-18(7-4-16)25-21(28)14-26-9-11-27(12-10-26)22(29)19-8-5-17(24)13-20(19)23/h3-8,13,15H,9-12,14H2,1-2H3,(H,25,28). The molecule has 1 aliphatic heterocycles. The zero-order valence-electron chi connectivity index (χ0n) is 16.6. The van der Waals surface area contributed by atoms with Gasteiger partial charge in [-0.05, 0) is 41.8 Å². The normalized spacial score (nSPS) is 14.9. The highest BCUT2D eigenvalue weighted by Crippen LogP contribution is 2.20. The second-order valence-corrected chi connectivity index (χ2v) is 7.92. The minimum atomic E-state index is -0.471. The predicted octanol–water partition coefficient (Wildman–Crippen LogP) is 4.00. The smallest absolute Gasteiger partial charge is 0.255 e. The van der Waals surface area contributed by atoms with E-state index in [2.05, 4.69) is 19.2 Å². The number of piperazine rings is 1. The first-order valence-corrected chi connectivity index (χ1v) is 10.1. The zero-order valence-corrected chi connectivity index (χ0v) is 17.4. The molecule has 29 heavy (non-hydrogen) atoms. The van der Waals surface area contributed by atoms with Crippen molar-refractivity contribution in [3.63, 3.8) is 0 Å². The third-order valence-electron chi connectivity index (χ3n) is 5.05. The van der Waals surface area contributed by atoms with Crippen LogP contribution in [-0.2, 0) is 4.79 Å². The Balaban J connectivity index is 1.49. The van der Waals surface area contributed by atoms with Crippen LogP contribution in [0.2, 0.25) is 5.02 Å². The molecule has 3 rings (SSSR count). The molecule has 0 radical (unpaired) electrons. The van der Waals surface area contributed by atoms with Crippen molar-refractivity contribution < 1.29 is 14.0 Å². The van der Waals surface area contributed by atoms with Gasteiger partial charge in [0.15, 0.2) is 0 Å². The van der Waals surface area contributed by atoms with Gasteiger partial charge < -0.3 is 10.2 Å². The minimum absolute atomic E-state index is 0.0800. The first kappa shape index (κ1) is 21.3. The zero-order chi connectivity index (χ0) is 21.0. The molecule has 2 aromatic rings. The number of anilines is 1. The van der Waals surface area contributed by atoms with Gasteiger partial charge >= 0.3 is 0 Å². The van der Waals surface area contributed by atoms with Gasteiger partial charge in [-0.15, -0.1) is 0 Å². The van der Waals surface area contributed by atoms with Crippen LogP contribution >= 0.6 is 11.6 Å². The molecule has 154 valence electrons.